The van der Waals surface area contributed by atoms with Crippen LogP contribution in [-0.2, 0) is 27.9 Å². The van der Waals surface area contributed by atoms with Gasteiger partial charge in [0.1, 0.15) is 48.8 Å². The molecule has 9 N–H and O–H groups in total. The number of nitrogens with one attached hydrogen (secondary N) is 1. The number of carbonyl (C=O) groups excluding carboxylic acids is 1. The number of hydrogen-bond donors (Lipinski definition) is 9. The minimum absolute atomic E-state index is 0.695. The van der Waals surface area contributed by atoms with Gasteiger partial charge in [-0.15, -0.1) is 0 Å². The van der Waals surface area contributed by atoms with Crippen molar-refractivity contribution in [2.45, 2.75) is 68.3 Å². The average Bonchev–Trinajstić information content (AvgIpc) is 2.67. The van der Waals surface area contributed by atoms with E-state index in [1.165, 1.54) is 0 Å². The fourth-order valence-corrected chi connectivity index (χ4v) is 3.80. The number of hydrogen-bond acceptors (Lipinski definition) is 13. The minimum Gasteiger partial charge on any atom is -0.394 e. The topological polar surface area (TPSA) is 245 Å². The maximum Gasteiger partial charge on any atom is 0.474 e. The number of phosphoric acid groups is 1. The number of ether oxygens (including phenoxy) is 2. The zero-order valence-electron chi connectivity index (χ0n) is 15.7. The van der Waals surface area contributed by atoms with Crippen molar-refractivity contribution in [1.82, 2.24) is 5.32 Å². The summed E-state index contributed by atoms with van der Waals surface area (Å²) in [6, 6.07) is -1.51. The average molecular weight is 463 g/mol. The molecule has 0 aromatic heterocycles. The molecule has 2 aliphatic heterocycles. The van der Waals surface area contributed by atoms with Crippen LogP contribution in [0.2, 0.25) is 0 Å². The van der Waals surface area contributed by atoms with Gasteiger partial charge in [0.15, 0.2) is 12.6 Å². The summed E-state index contributed by atoms with van der Waals surface area (Å²) in [6.07, 6.45) is -15.5. The van der Waals surface area contributed by atoms with E-state index < -0.39 is 88.3 Å². The van der Waals surface area contributed by atoms with Gasteiger partial charge >= 0.3 is 7.82 Å². The van der Waals surface area contributed by atoms with E-state index in [4.69, 9.17) is 14.0 Å². The van der Waals surface area contributed by atoms with Crippen LogP contribution in [0.15, 0.2) is 0 Å². The molecule has 2 aliphatic rings. The van der Waals surface area contributed by atoms with Crippen LogP contribution in [0.5, 0.6) is 0 Å². The van der Waals surface area contributed by atoms with Crippen LogP contribution < -0.4 is 5.32 Å². The highest BCUT2D eigenvalue weighted by Gasteiger charge is 2.49. The van der Waals surface area contributed by atoms with Crippen molar-refractivity contribution < 1.29 is 68.5 Å². The van der Waals surface area contributed by atoms with Crippen LogP contribution in [-0.4, -0.2) is 121 Å². The first-order valence-electron chi connectivity index (χ1n) is 8.81. The summed E-state index contributed by atoms with van der Waals surface area (Å²) < 4.78 is 31.7. The summed E-state index contributed by atoms with van der Waals surface area (Å²) in [4.78, 5) is 21.3. The lowest BCUT2D eigenvalue weighted by Gasteiger charge is -2.42. The molecule has 2 rings (SSSR count). The van der Waals surface area contributed by atoms with E-state index in [-0.39, 0.29) is 0 Å². The Morgan fingerprint density at radius 2 is 1.57 bits per heavy atom. The lowest BCUT2D eigenvalue weighted by Crippen LogP contribution is -2.64. The van der Waals surface area contributed by atoms with Gasteiger partial charge < -0.3 is 55.4 Å². The van der Waals surface area contributed by atoms with Crippen molar-refractivity contribution in [2.24, 2.45) is 0 Å². The summed E-state index contributed by atoms with van der Waals surface area (Å²) in [5.74, 6) is -0.695. The van der Waals surface area contributed by atoms with Gasteiger partial charge in [0, 0.05) is 6.92 Å². The Hall–Kier alpha value is -0.780. The molecule has 0 bridgehead atoms. The molecule has 0 radical (unpaired) electrons. The highest BCUT2D eigenvalue weighted by Crippen LogP contribution is 2.47. The van der Waals surface area contributed by atoms with Gasteiger partial charge in [0.2, 0.25) is 5.91 Å². The van der Waals surface area contributed by atoms with Crippen molar-refractivity contribution >= 4 is 13.7 Å². The van der Waals surface area contributed by atoms with Gasteiger partial charge in [0.05, 0.1) is 13.2 Å². The lowest BCUT2D eigenvalue weighted by atomic mass is 9.97. The molecule has 176 valence electrons. The van der Waals surface area contributed by atoms with Crippen LogP contribution in [0.25, 0.3) is 0 Å². The first-order chi connectivity index (χ1) is 13.9. The molecule has 0 aromatic carbocycles. The molecular weight excluding hydrogens is 437 g/mol. The molecule has 30 heavy (non-hydrogen) atoms. The second-order valence-corrected chi connectivity index (χ2v) is 8.25. The molecular formula is C14H26NO14P. The molecule has 0 saturated carbocycles. The van der Waals surface area contributed by atoms with Crippen molar-refractivity contribution in [3.05, 3.63) is 0 Å². The van der Waals surface area contributed by atoms with Crippen molar-refractivity contribution in [3.8, 4) is 0 Å². The highest BCUT2D eigenvalue weighted by molar-refractivity contribution is 7.47. The quantitative estimate of drug-likeness (QED) is 0.160. The van der Waals surface area contributed by atoms with Crippen LogP contribution in [0, 0.1) is 0 Å². The summed E-state index contributed by atoms with van der Waals surface area (Å²) in [7, 11) is -5.04. The highest BCUT2D eigenvalue weighted by atomic mass is 31.2. The Bertz CT molecular complexity index is 638. The van der Waals surface area contributed by atoms with Crippen LogP contribution in [0.1, 0.15) is 6.92 Å². The van der Waals surface area contributed by atoms with E-state index in [1.807, 2.05) is 0 Å². The normalized spacial score (nSPS) is 44.3. The summed E-state index contributed by atoms with van der Waals surface area (Å²) in [5, 5.41) is 69.7. The van der Waals surface area contributed by atoms with Crippen LogP contribution in [0.3, 0.4) is 0 Å². The van der Waals surface area contributed by atoms with E-state index in [0.717, 1.165) is 6.92 Å². The standard InChI is InChI=1S/C14H26NO14P/c1-4(17)15-7-10(20)8(18)5(2-16)28-14(7)29-30(24,25)26-3-6-9(19)11(21)12(22)13(23)27-6/h5-14,16,18-23H,2-3H2,1H3,(H,15,17)(H,24,25). The molecule has 11 unspecified atom stereocenters. The molecule has 11 atom stereocenters. The molecule has 2 saturated heterocycles. The maximum absolute atomic E-state index is 12.3. The summed E-state index contributed by atoms with van der Waals surface area (Å²) >= 11 is 0. The summed E-state index contributed by atoms with van der Waals surface area (Å²) in [6.45, 7) is -0.611. The first-order valence-corrected chi connectivity index (χ1v) is 10.3. The SMILES string of the molecule is CC(=O)NC1C(OP(=O)(O)OCC2OC(O)C(O)C(O)C2O)OC(CO)C(O)C1O. The molecule has 0 spiro atoms. The van der Waals surface area contributed by atoms with Crippen LogP contribution in [0.4, 0.5) is 0 Å². The molecule has 1 amide bonds. The minimum atomic E-state index is -5.04. The van der Waals surface area contributed by atoms with Crippen molar-refractivity contribution in [1.29, 1.82) is 0 Å². The Morgan fingerprint density at radius 1 is 0.967 bits per heavy atom. The number of aliphatic hydroxyl groups is 7. The monoisotopic (exact) mass is 463 g/mol. The van der Waals surface area contributed by atoms with Gasteiger partial charge in [-0.25, -0.2) is 4.57 Å². The molecule has 0 aromatic rings. The van der Waals surface area contributed by atoms with Crippen molar-refractivity contribution in [2.75, 3.05) is 13.2 Å². The number of amides is 1. The Labute approximate surface area is 170 Å². The first kappa shape index (κ1) is 25.5. The fraction of sp³-hybridized carbons (Fsp3) is 0.929. The van der Waals surface area contributed by atoms with Gasteiger partial charge in [-0.2, -0.15) is 0 Å². The lowest BCUT2D eigenvalue weighted by molar-refractivity contribution is -0.286. The van der Waals surface area contributed by atoms with E-state index in [9.17, 15) is 50.0 Å². The van der Waals surface area contributed by atoms with Gasteiger partial charge in [-0.3, -0.25) is 13.8 Å². The molecule has 2 heterocycles. The fourth-order valence-electron chi connectivity index (χ4n) is 2.96. The zero-order valence-corrected chi connectivity index (χ0v) is 16.6. The number of carbonyl (C=O) groups is 1. The molecule has 16 heteroatoms. The van der Waals surface area contributed by atoms with Gasteiger partial charge in [0.25, 0.3) is 0 Å². The molecule has 2 fully saturated rings. The Kier molecular flexibility index (Phi) is 8.68. The third-order valence-electron chi connectivity index (χ3n) is 4.58. The predicted molar refractivity (Wildman–Crippen MR) is 91.1 cm³/mol. The predicted octanol–water partition coefficient (Wildman–Crippen LogP) is -5.14. The third kappa shape index (κ3) is 5.92. The van der Waals surface area contributed by atoms with Gasteiger partial charge in [-0.05, 0) is 0 Å². The zero-order chi connectivity index (χ0) is 22.8. The molecule has 15 nitrogen and oxygen atoms in total. The number of rotatable bonds is 7. The summed E-state index contributed by atoms with van der Waals surface area (Å²) in [5.41, 5.74) is 0. The third-order valence-corrected chi connectivity index (χ3v) is 5.53. The van der Waals surface area contributed by atoms with Crippen LogP contribution >= 0.6 is 7.82 Å². The van der Waals surface area contributed by atoms with E-state index in [0.29, 0.717) is 0 Å². The maximum atomic E-state index is 12.3. The van der Waals surface area contributed by atoms with Crippen molar-refractivity contribution in [3.63, 3.8) is 0 Å². The number of phosphoric ester groups is 1. The Morgan fingerprint density at radius 3 is 2.13 bits per heavy atom. The Balaban J connectivity index is 2.05. The van der Waals surface area contributed by atoms with E-state index >= 15 is 0 Å². The smallest absolute Gasteiger partial charge is 0.394 e. The largest absolute Gasteiger partial charge is 0.474 e. The van der Waals surface area contributed by atoms with E-state index in [1.54, 1.807) is 0 Å². The second-order valence-electron chi connectivity index (χ2n) is 6.84. The van der Waals surface area contributed by atoms with Gasteiger partial charge in [-0.1, -0.05) is 0 Å². The van der Waals surface area contributed by atoms with E-state index in [2.05, 4.69) is 9.84 Å². The molecule has 0 aliphatic carbocycles. The second kappa shape index (κ2) is 10.2. The number of aliphatic hydroxyl groups excluding tert-OH is 7.